The maximum Gasteiger partial charge on any atom is 0.266 e. The van der Waals surface area contributed by atoms with Gasteiger partial charge in [0, 0.05) is 9.26 Å². The van der Waals surface area contributed by atoms with E-state index < -0.39 is 5.91 Å². The molecule has 0 heterocycles. The number of nitrogens with one attached hydrogen (secondary N) is 1. The van der Waals surface area contributed by atoms with E-state index in [1.807, 2.05) is 66.7 Å². The second-order valence-electron chi connectivity index (χ2n) is 8.37. The smallest absolute Gasteiger partial charge is 0.266 e. The predicted molar refractivity (Wildman–Crippen MR) is 169 cm³/mol. The Labute approximate surface area is 254 Å². The first-order valence-corrected chi connectivity index (χ1v) is 14.1. The van der Waals surface area contributed by atoms with Gasteiger partial charge in [0.2, 0.25) is 0 Å². The molecule has 0 fully saturated rings. The molecule has 8 heteroatoms. The summed E-state index contributed by atoms with van der Waals surface area (Å²) in [6.45, 7) is 0.839. The molecule has 196 valence electrons. The van der Waals surface area contributed by atoms with Crippen LogP contribution in [0.15, 0.2) is 96.6 Å². The van der Waals surface area contributed by atoms with Crippen LogP contribution in [0, 0.1) is 18.5 Å². The Morgan fingerprint density at radius 3 is 2.23 bits per heavy atom. The molecule has 0 aliphatic rings. The lowest BCUT2D eigenvalue weighted by atomic mass is 10.1. The number of anilines is 1. The zero-order valence-corrected chi connectivity index (χ0v) is 25.3. The molecule has 0 aliphatic heterocycles. The highest BCUT2D eigenvalue weighted by Crippen LogP contribution is 2.35. The summed E-state index contributed by atoms with van der Waals surface area (Å²) in [5.74, 6) is 1.29. The van der Waals surface area contributed by atoms with Crippen LogP contribution in [0.4, 0.5) is 5.69 Å². The van der Waals surface area contributed by atoms with Gasteiger partial charge in [0.1, 0.15) is 30.6 Å². The highest BCUT2D eigenvalue weighted by atomic mass is 127. The minimum atomic E-state index is -0.511. The first kappa shape index (κ1) is 28.4. The highest BCUT2D eigenvalue weighted by molar-refractivity contribution is 14.1. The molecule has 0 spiro atoms. The molecule has 1 amide bonds. The van der Waals surface area contributed by atoms with E-state index in [1.165, 1.54) is 6.08 Å². The van der Waals surface area contributed by atoms with Crippen molar-refractivity contribution in [3.63, 3.8) is 0 Å². The van der Waals surface area contributed by atoms with Gasteiger partial charge in [-0.25, -0.2) is 0 Å². The van der Waals surface area contributed by atoms with Crippen LogP contribution in [-0.2, 0) is 18.0 Å². The molecule has 4 aromatic carbocycles. The summed E-state index contributed by atoms with van der Waals surface area (Å²) < 4.78 is 19.3. The van der Waals surface area contributed by atoms with Crippen LogP contribution < -0.4 is 19.5 Å². The van der Waals surface area contributed by atoms with Crippen LogP contribution in [0.25, 0.3) is 6.08 Å². The standard InChI is InChI=1S/C31H24I2N2O4/c1-37-29-17-23(16-28(33)30(29)39-20-22-7-9-25(32)10-8-22)15-24(18-34)31(36)35-26-11-13-27(14-12-26)38-19-21-5-3-2-4-6-21/h2-17H,19-20H2,1H3,(H,35,36)/b24-15+. The summed E-state index contributed by atoms with van der Waals surface area (Å²) >= 11 is 4.42. The van der Waals surface area contributed by atoms with Crippen molar-refractivity contribution in [1.29, 1.82) is 5.26 Å². The first-order chi connectivity index (χ1) is 18.9. The van der Waals surface area contributed by atoms with Crippen molar-refractivity contribution in [1.82, 2.24) is 0 Å². The molecule has 6 nitrogen and oxygen atoms in total. The summed E-state index contributed by atoms with van der Waals surface area (Å²) in [7, 11) is 1.56. The van der Waals surface area contributed by atoms with Gasteiger partial charge in [0.25, 0.3) is 5.91 Å². The van der Waals surface area contributed by atoms with Gasteiger partial charge >= 0.3 is 0 Å². The lowest BCUT2D eigenvalue weighted by molar-refractivity contribution is -0.112. The first-order valence-electron chi connectivity index (χ1n) is 11.9. The van der Waals surface area contributed by atoms with Gasteiger partial charge in [-0.15, -0.1) is 0 Å². The summed E-state index contributed by atoms with van der Waals surface area (Å²) in [5.41, 5.74) is 3.27. The third-order valence-electron chi connectivity index (χ3n) is 5.58. The third-order valence-corrected chi connectivity index (χ3v) is 7.11. The van der Waals surface area contributed by atoms with Gasteiger partial charge < -0.3 is 19.5 Å². The number of carbonyl (C=O) groups is 1. The van der Waals surface area contributed by atoms with Crippen molar-refractivity contribution in [2.24, 2.45) is 0 Å². The number of amides is 1. The van der Waals surface area contributed by atoms with Gasteiger partial charge in [-0.2, -0.15) is 5.26 Å². The fourth-order valence-electron chi connectivity index (χ4n) is 3.59. The zero-order chi connectivity index (χ0) is 27.6. The van der Waals surface area contributed by atoms with Crippen LogP contribution in [0.1, 0.15) is 16.7 Å². The van der Waals surface area contributed by atoms with Gasteiger partial charge in [-0.1, -0.05) is 42.5 Å². The van der Waals surface area contributed by atoms with E-state index in [-0.39, 0.29) is 5.57 Å². The molecule has 4 aromatic rings. The Balaban J connectivity index is 1.42. The molecular formula is C31H24I2N2O4. The van der Waals surface area contributed by atoms with E-state index in [0.29, 0.717) is 41.7 Å². The Morgan fingerprint density at radius 2 is 1.56 bits per heavy atom. The average molecular weight is 742 g/mol. The van der Waals surface area contributed by atoms with Crippen LogP contribution >= 0.6 is 45.2 Å². The quantitative estimate of drug-likeness (QED) is 0.103. The second-order valence-corrected chi connectivity index (χ2v) is 10.8. The van der Waals surface area contributed by atoms with E-state index in [9.17, 15) is 10.1 Å². The molecule has 39 heavy (non-hydrogen) atoms. The maximum absolute atomic E-state index is 12.8. The number of rotatable bonds is 10. The van der Waals surface area contributed by atoms with Gasteiger partial charge in [0.15, 0.2) is 11.5 Å². The molecule has 0 unspecified atom stereocenters. The molecule has 0 atom stereocenters. The summed E-state index contributed by atoms with van der Waals surface area (Å²) in [6, 6.07) is 30.5. The lowest BCUT2D eigenvalue weighted by Crippen LogP contribution is -2.13. The molecule has 1 N–H and O–H groups in total. The van der Waals surface area contributed by atoms with Crippen LogP contribution in [-0.4, -0.2) is 13.0 Å². The fraction of sp³-hybridized carbons (Fsp3) is 0.0968. The molecule has 4 rings (SSSR count). The molecule has 0 bridgehead atoms. The number of nitriles is 1. The Kier molecular flexibility index (Phi) is 10.2. The second kappa shape index (κ2) is 14.0. The van der Waals surface area contributed by atoms with E-state index in [0.717, 1.165) is 18.3 Å². The van der Waals surface area contributed by atoms with Gasteiger partial charge in [-0.3, -0.25) is 4.79 Å². The number of nitrogens with zero attached hydrogens (tertiary/aromatic N) is 1. The summed E-state index contributed by atoms with van der Waals surface area (Å²) in [5, 5.41) is 12.4. The van der Waals surface area contributed by atoms with E-state index >= 15 is 0 Å². The van der Waals surface area contributed by atoms with Crippen LogP contribution in [0.5, 0.6) is 17.2 Å². The topological polar surface area (TPSA) is 80.6 Å². The molecular weight excluding hydrogens is 718 g/mol. The SMILES string of the molecule is COc1cc(/C=C(\C#N)C(=O)Nc2ccc(OCc3ccccc3)cc2)cc(I)c1OCc1ccc(I)cc1. The van der Waals surface area contributed by atoms with Crippen LogP contribution in [0.3, 0.4) is 0 Å². The van der Waals surface area contributed by atoms with Crippen molar-refractivity contribution >= 4 is 62.9 Å². The molecule has 0 saturated carbocycles. The minimum Gasteiger partial charge on any atom is -0.493 e. The summed E-state index contributed by atoms with van der Waals surface area (Å²) in [6.07, 6.45) is 1.53. The predicted octanol–water partition coefficient (Wildman–Crippen LogP) is 7.61. The largest absolute Gasteiger partial charge is 0.493 e. The third kappa shape index (κ3) is 8.21. The minimum absolute atomic E-state index is 0.0372. The number of carbonyl (C=O) groups excluding carboxylic acids is 1. The van der Waals surface area contributed by atoms with Gasteiger partial charge in [-0.05, 0) is 116 Å². The van der Waals surface area contributed by atoms with Gasteiger partial charge in [0.05, 0.1) is 10.7 Å². The zero-order valence-electron chi connectivity index (χ0n) is 21.0. The van der Waals surface area contributed by atoms with E-state index in [4.69, 9.17) is 14.2 Å². The number of hydrogen-bond donors (Lipinski definition) is 1. The van der Waals surface area contributed by atoms with Crippen molar-refractivity contribution in [2.45, 2.75) is 13.2 Å². The van der Waals surface area contributed by atoms with E-state index in [2.05, 4.69) is 50.5 Å². The average Bonchev–Trinajstić information content (AvgIpc) is 2.96. The number of halogens is 2. The number of ether oxygens (including phenoxy) is 3. The lowest BCUT2D eigenvalue weighted by Gasteiger charge is -2.14. The maximum atomic E-state index is 12.8. The van der Waals surface area contributed by atoms with Crippen molar-refractivity contribution < 1.29 is 19.0 Å². The normalized spacial score (nSPS) is 10.9. The molecule has 0 saturated heterocycles. The highest BCUT2D eigenvalue weighted by Gasteiger charge is 2.14. The summed E-state index contributed by atoms with van der Waals surface area (Å²) in [4.78, 5) is 12.8. The Bertz CT molecular complexity index is 1500. The van der Waals surface area contributed by atoms with Crippen molar-refractivity contribution in [3.05, 3.63) is 120 Å². The Morgan fingerprint density at radius 1 is 0.897 bits per heavy atom. The van der Waals surface area contributed by atoms with E-state index in [1.54, 1.807) is 37.4 Å². The molecule has 0 aliphatic carbocycles. The number of benzene rings is 4. The molecule has 0 radical (unpaired) electrons. The fourth-order valence-corrected chi connectivity index (χ4v) is 4.73. The monoisotopic (exact) mass is 742 g/mol. The Hall–Kier alpha value is -3.56. The number of methoxy groups -OCH3 is 1. The molecule has 0 aromatic heterocycles. The van der Waals surface area contributed by atoms with Crippen molar-refractivity contribution in [2.75, 3.05) is 12.4 Å². The van der Waals surface area contributed by atoms with Crippen LogP contribution in [0.2, 0.25) is 0 Å². The number of hydrogen-bond acceptors (Lipinski definition) is 5. The van der Waals surface area contributed by atoms with Crippen molar-refractivity contribution in [3.8, 4) is 23.3 Å².